The Balaban J connectivity index is 1.67. The Morgan fingerprint density at radius 1 is 0.968 bits per heavy atom. The Hall–Kier alpha value is -3.46. The average molecular weight is 446 g/mol. The number of alkyl halides is 2. The standard InChI is InChI=1S/C22H20F2N2O4S/c1-31(28,29)18-12-6-15(7-13-18)14-25-21(27)19-4-2-3-5-20(19)26-16-8-10-17(11-9-16)30-22(23)24/h2-13,22,26H,14H2,1H3,(H,25,27). The molecule has 0 aromatic heterocycles. The first kappa shape index (κ1) is 22.2. The van der Waals surface area contributed by atoms with Gasteiger partial charge in [-0.1, -0.05) is 24.3 Å². The number of carbonyl (C=O) groups is 1. The van der Waals surface area contributed by atoms with E-state index in [1.165, 1.54) is 24.3 Å². The maximum Gasteiger partial charge on any atom is 0.387 e. The van der Waals surface area contributed by atoms with Crippen molar-refractivity contribution in [2.45, 2.75) is 18.1 Å². The normalized spacial score (nSPS) is 11.2. The van der Waals surface area contributed by atoms with Gasteiger partial charge in [0.2, 0.25) is 0 Å². The summed E-state index contributed by atoms with van der Waals surface area (Å²) in [6.45, 7) is -2.68. The minimum absolute atomic E-state index is 0.0356. The fraction of sp³-hybridized carbons (Fsp3) is 0.136. The molecule has 0 aliphatic carbocycles. The van der Waals surface area contributed by atoms with E-state index in [0.29, 0.717) is 16.9 Å². The van der Waals surface area contributed by atoms with Gasteiger partial charge < -0.3 is 15.4 Å². The fourth-order valence-electron chi connectivity index (χ4n) is 2.80. The van der Waals surface area contributed by atoms with Gasteiger partial charge in [0.1, 0.15) is 5.75 Å². The van der Waals surface area contributed by atoms with Crippen molar-refractivity contribution >= 4 is 27.1 Å². The van der Waals surface area contributed by atoms with Crippen molar-refractivity contribution < 1.29 is 26.7 Å². The van der Waals surface area contributed by atoms with Crippen LogP contribution in [0, 0.1) is 0 Å². The van der Waals surface area contributed by atoms with Crippen LogP contribution in [0.3, 0.4) is 0 Å². The minimum atomic E-state index is -3.28. The summed E-state index contributed by atoms with van der Waals surface area (Å²) < 4.78 is 51.9. The van der Waals surface area contributed by atoms with E-state index in [-0.39, 0.29) is 23.1 Å². The van der Waals surface area contributed by atoms with Crippen LogP contribution >= 0.6 is 0 Å². The number of amides is 1. The lowest BCUT2D eigenvalue weighted by Crippen LogP contribution is -2.23. The molecule has 1 amide bonds. The molecule has 0 aliphatic rings. The second-order valence-corrected chi connectivity index (χ2v) is 8.69. The Kier molecular flexibility index (Phi) is 6.86. The maximum atomic E-state index is 12.7. The van der Waals surface area contributed by atoms with Crippen molar-refractivity contribution in [2.24, 2.45) is 0 Å². The lowest BCUT2D eigenvalue weighted by atomic mass is 10.1. The van der Waals surface area contributed by atoms with Gasteiger partial charge in [-0.25, -0.2) is 8.42 Å². The molecule has 3 aromatic rings. The molecule has 0 saturated heterocycles. The molecule has 0 heterocycles. The molecular weight excluding hydrogens is 426 g/mol. The summed E-state index contributed by atoms with van der Waals surface area (Å²) in [5.74, 6) is -0.290. The molecule has 162 valence electrons. The molecule has 0 fully saturated rings. The van der Waals surface area contributed by atoms with Crippen molar-refractivity contribution in [1.82, 2.24) is 5.32 Å². The van der Waals surface area contributed by atoms with Gasteiger partial charge in [-0.2, -0.15) is 8.78 Å². The van der Waals surface area contributed by atoms with Crippen LogP contribution in [0.4, 0.5) is 20.2 Å². The minimum Gasteiger partial charge on any atom is -0.435 e. The Bertz CT molecular complexity index is 1150. The SMILES string of the molecule is CS(=O)(=O)c1ccc(CNC(=O)c2ccccc2Nc2ccc(OC(F)F)cc2)cc1. The van der Waals surface area contributed by atoms with Gasteiger partial charge in [-0.05, 0) is 54.1 Å². The molecule has 0 aliphatic heterocycles. The number of rotatable bonds is 8. The molecule has 0 unspecified atom stereocenters. The predicted molar refractivity (Wildman–Crippen MR) is 114 cm³/mol. The molecule has 0 saturated carbocycles. The molecule has 3 aromatic carbocycles. The van der Waals surface area contributed by atoms with E-state index in [1.54, 1.807) is 48.5 Å². The zero-order chi connectivity index (χ0) is 22.4. The number of para-hydroxylation sites is 1. The van der Waals surface area contributed by atoms with Crippen LogP contribution < -0.4 is 15.4 Å². The summed E-state index contributed by atoms with van der Waals surface area (Å²) >= 11 is 0. The van der Waals surface area contributed by atoms with E-state index in [9.17, 15) is 22.0 Å². The zero-order valence-corrected chi connectivity index (χ0v) is 17.3. The van der Waals surface area contributed by atoms with Crippen molar-refractivity contribution in [3.63, 3.8) is 0 Å². The largest absolute Gasteiger partial charge is 0.435 e. The third kappa shape index (κ3) is 6.26. The number of halogens is 2. The monoisotopic (exact) mass is 446 g/mol. The molecular formula is C22H20F2N2O4S. The molecule has 0 bridgehead atoms. The summed E-state index contributed by atoms with van der Waals surface area (Å²) in [6, 6.07) is 19.1. The molecule has 0 atom stereocenters. The summed E-state index contributed by atoms with van der Waals surface area (Å²) in [4.78, 5) is 12.9. The van der Waals surface area contributed by atoms with Crippen LogP contribution in [0.5, 0.6) is 5.75 Å². The Morgan fingerprint density at radius 3 is 2.23 bits per heavy atom. The van der Waals surface area contributed by atoms with E-state index in [0.717, 1.165) is 11.8 Å². The lowest BCUT2D eigenvalue weighted by molar-refractivity contribution is -0.0498. The van der Waals surface area contributed by atoms with Crippen LogP contribution in [-0.2, 0) is 16.4 Å². The van der Waals surface area contributed by atoms with Gasteiger partial charge in [0.25, 0.3) is 5.91 Å². The average Bonchev–Trinajstić information content (AvgIpc) is 2.73. The van der Waals surface area contributed by atoms with Crippen LogP contribution in [0.2, 0.25) is 0 Å². The van der Waals surface area contributed by atoms with E-state index in [4.69, 9.17) is 0 Å². The second kappa shape index (κ2) is 9.57. The highest BCUT2D eigenvalue weighted by Gasteiger charge is 2.12. The summed E-state index contributed by atoms with van der Waals surface area (Å²) in [5, 5.41) is 5.88. The molecule has 9 heteroatoms. The highest BCUT2D eigenvalue weighted by Crippen LogP contribution is 2.24. The van der Waals surface area contributed by atoms with Gasteiger partial charge in [0.15, 0.2) is 9.84 Å². The van der Waals surface area contributed by atoms with Gasteiger partial charge in [-0.15, -0.1) is 0 Å². The number of hydrogen-bond donors (Lipinski definition) is 2. The molecule has 31 heavy (non-hydrogen) atoms. The van der Waals surface area contributed by atoms with E-state index >= 15 is 0 Å². The van der Waals surface area contributed by atoms with Crippen molar-refractivity contribution in [3.05, 3.63) is 83.9 Å². The Labute approximate surface area is 178 Å². The smallest absolute Gasteiger partial charge is 0.387 e. The predicted octanol–water partition coefficient (Wildman–Crippen LogP) is 4.37. The topological polar surface area (TPSA) is 84.5 Å². The maximum absolute atomic E-state index is 12.7. The number of sulfone groups is 1. The van der Waals surface area contributed by atoms with Crippen molar-refractivity contribution in [2.75, 3.05) is 11.6 Å². The lowest BCUT2D eigenvalue weighted by Gasteiger charge is -2.13. The van der Waals surface area contributed by atoms with Gasteiger partial charge >= 0.3 is 6.61 Å². The van der Waals surface area contributed by atoms with Crippen molar-refractivity contribution in [1.29, 1.82) is 0 Å². The van der Waals surface area contributed by atoms with E-state index in [2.05, 4.69) is 15.4 Å². The second-order valence-electron chi connectivity index (χ2n) is 6.67. The molecule has 0 radical (unpaired) electrons. The first-order valence-electron chi connectivity index (χ1n) is 9.20. The van der Waals surface area contributed by atoms with Crippen LogP contribution in [0.25, 0.3) is 0 Å². The summed E-state index contributed by atoms with van der Waals surface area (Å²) in [6.07, 6.45) is 1.13. The van der Waals surface area contributed by atoms with Gasteiger partial charge in [0, 0.05) is 18.5 Å². The molecule has 2 N–H and O–H groups in total. The van der Waals surface area contributed by atoms with E-state index in [1.807, 2.05) is 0 Å². The number of hydrogen-bond acceptors (Lipinski definition) is 5. The van der Waals surface area contributed by atoms with Crippen LogP contribution in [0.1, 0.15) is 15.9 Å². The first-order chi connectivity index (χ1) is 14.7. The number of benzene rings is 3. The highest BCUT2D eigenvalue weighted by molar-refractivity contribution is 7.90. The quantitative estimate of drug-likeness (QED) is 0.537. The van der Waals surface area contributed by atoms with E-state index < -0.39 is 16.4 Å². The Morgan fingerprint density at radius 2 is 1.61 bits per heavy atom. The fourth-order valence-corrected chi connectivity index (χ4v) is 3.43. The van der Waals surface area contributed by atoms with Crippen LogP contribution in [0.15, 0.2) is 77.7 Å². The zero-order valence-electron chi connectivity index (χ0n) is 16.5. The molecule has 3 rings (SSSR count). The summed E-state index contributed by atoms with van der Waals surface area (Å²) in [5.41, 5.74) is 2.28. The number of ether oxygens (including phenoxy) is 1. The number of carbonyl (C=O) groups excluding carboxylic acids is 1. The molecule has 0 spiro atoms. The van der Waals surface area contributed by atoms with Gasteiger partial charge in [0.05, 0.1) is 16.1 Å². The first-order valence-corrected chi connectivity index (χ1v) is 11.1. The summed E-state index contributed by atoms with van der Waals surface area (Å²) in [7, 11) is -3.28. The van der Waals surface area contributed by atoms with Crippen molar-refractivity contribution in [3.8, 4) is 5.75 Å². The third-order valence-electron chi connectivity index (χ3n) is 4.33. The number of nitrogens with one attached hydrogen (secondary N) is 2. The van der Waals surface area contributed by atoms with Crippen LogP contribution in [-0.4, -0.2) is 27.2 Å². The van der Waals surface area contributed by atoms with Gasteiger partial charge in [-0.3, -0.25) is 4.79 Å². The highest BCUT2D eigenvalue weighted by atomic mass is 32.2. The molecule has 6 nitrogen and oxygen atoms in total. The third-order valence-corrected chi connectivity index (χ3v) is 5.46. The number of anilines is 2.